The van der Waals surface area contributed by atoms with Gasteiger partial charge >= 0.3 is 0 Å². The quantitative estimate of drug-likeness (QED) is 0.730. The number of carbonyl (C=O) groups excluding carboxylic acids is 3. The van der Waals surface area contributed by atoms with Gasteiger partial charge in [0.1, 0.15) is 5.75 Å². The van der Waals surface area contributed by atoms with Crippen LogP contribution in [0.2, 0.25) is 0 Å². The molecule has 3 heterocycles. The van der Waals surface area contributed by atoms with Gasteiger partial charge < -0.3 is 25.0 Å². The second-order valence-corrected chi connectivity index (χ2v) is 7.47. The number of benzene rings is 1. The van der Waals surface area contributed by atoms with Crippen molar-refractivity contribution < 1.29 is 24.2 Å². The van der Waals surface area contributed by atoms with Crippen LogP contribution in [0.3, 0.4) is 0 Å². The monoisotopic (exact) mass is 373 g/mol. The third-order valence-corrected chi connectivity index (χ3v) is 5.90. The predicted octanol–water partition coefficient (Wildman–Crippen LogP) is 0.145. The van der Waals surface area contributed by atoms with Crippen LogP contribution in [0.1, 0.15) is 29.6 Å². The highest BCUT2D eigenvalue weighted by Crippen LogP contribution is 2.38. The molecule has 2 saturated heterocycles. The molecule has 0 unspecified atom stereocenters. The molecule has 144 valence electrons. The van der Waals surface area contributed by atoms with E-state index in [0.717, 1.165) is 6.42 Å². The number of aliphatic hydroxyl groups excluding tert-OH is 1. The number of likely N-dealkylation sites (N-methyl/N-ethyl adjacent to an activating group) is 1. The van der Waals surface area contributed by atoms with E-state index in [1.54, 1.807) is 30.1 Å². The SMILES string of the molecule is CN1C(=O)COc2ccc(C(=O)N3CC[C@H](O)[C@@]4(CCCNC4=O)C3)cc21. The number of nitrogens with one attached hydrogen (secondary N) is 1. The summed E-state index contributed by atoms with van der Waals surface area (Å²) in [5.74, 6) is -0.00587. The summed E-state index contributed by atoms with van der Waals surface area (Å²) in [4.78, 5) is 40.5. The summed E-state index contributed by atoms with van der Waals surface area (Å²) >= 11 is 0. The van der Waals surface area contributed by atoms with E-state index in [4.69, 9.17) is 4.74 Å². The van der Waals surface area contributed by atoms with Crippen molar-refractivity contribution in [2.24, 2.45) is 5.41 Å². The number of nitrogens with zero attached hydrogens (tertiary/aromatic N) is 2. The second kappa shape index (κ2) is 6.53. The molecule has 1 aromatic carbocycles. The first-order chi connectivity index (χ1) is 12.9. The molecule has 0 bridgehead atoms. The maximum Gasteiger partial charge on any atom is 0.264 e. The summed E-state index contributed by atoms with van der Waals surface area (Å²) in [5.41, 5.74) is 0.0527. The predicted molar refractivity (Wildman–Crippen MR) is 96.6 cm³/mol. The zero-order valence-corrected chi connectivity index (χ0v) is 15.2. The fourth-order valence-corrected chi connectivity index (χ4v) is 4.20. The van der Waals surface area contributed by atoms with Gasteiger partial charge in [-0.15, -0.1) is 0 Å². The summed E-state index contributed by atoms with van der Waals surface area (Å²) < 4.78 is 5.40. The van der Waals surface area contributed by atoms with Crippen LogP contribution in [-0.4, -0.2) is 67.1 Å². The molecule has 0 aromatic heterocycles. The third-order valence-electron chi connectivity index (χ3n) is 5.90. The Kier molecular flexibility index (Phi) is 4.30. The maximum atomic E-state index is 13.1. The lowest BCUT2D eigenvalue weighted by molar-refractivity contribution is -0.147. The molecule has 8 heteroatoms. The number of carbonyl (C=O) groups is 3. The van der Waals surface area contributed by atoms with Gasteiger partial charge in [0, 0.05) is 32.2 Å². The Hall–Kier alpha value is -2.61. The van der Waals surface area contributed by atoms with E-state index in [9.17, 15) is 19.5 Å². The molecule has 27 heavy (non-hydrogen) atoms. The minimum absolute atomic E-state index is 0.0154. The van der Waals surface area contributed by atoms with Gasteiger partial charge in [0.2, 0.25) is 5.91 Å². The van der Waals surface area contributed by atoms with Gasteiger partial charge in [-0.2, -0.15) is 0 Å². The molecule has 3 aliphatic heterocycles. The van der Waals surface area contributed by atoms with Crippen LogP contribution in [0.4, 0.5) is 5.69 Å². The Morgan fingerprint density at radius 1 is 1.37 bits per heavy atom. The molecule has 2 atom stereocenters. The van der Waals surface area contributed by atoms with Gasteiger partial charge in [-0.05, 0) is 37.5 Å². The Balaban J connectivity index is 1.60. The first kappa shape index (κ1) is 17.8. The van der Waals surface area contributed by atoms with E-state index in [1.807, 2.05) is 0 Å². The Labute approximate surface area is 157 Å². The van der Waals surface area contributed by atoms with Crippen LogP contribution in [0, 0.1) is 5.41 Å². The minimum atomic E-state index is -0.934. The van der Waals surface area contributed by atoms with Gasteiger partial charge in [0.05, 0.1) is 17.2 Å². The van der Waals surface area contributed by atoms with Crippen molar-refractivity contribution in [3.8, 4) is 5.75 Å². The highest BCUT2D eigenvalue weighted by atomic mass is 16.5. The number of amides is 3. The molecule has 2 fully saturated rings. The van der Waals surface area contributed by atoms with Gasteiger partial charge in [-0.1, -0.05) is 0 Å². The first-order valence-electron chi connectivity index (χ1n) is 9.21. The van der Waals surface area contributed by atoms with Crippen molar-refractivity contribution in [1.82, 2.24) is 10.2 Å². The van der Waals surface area contributed by atoms with Crippen molar-refractivity contribution in [1.29, 1.82) is 0 Å². The van der Waals surface area contributed by atoms with E-state index in [1.165, 1.54) is 4.90 Å². The molecule has 3 amide bonds. The van der Waals surface area contributed by atoms with E-state index in [2.05, 4.69) is 5.32 Å². The van der Waals surface area contributed by atoms with Crippen molar-refractivity contribution >= 4 is 23.4 Å². The summed E-state index contributed by atoms with van der Waals surface area (Å²) in [6.45, 7) is 1.17. The molecular formula is C19H23N3O5. The number of likely N-dealkylation sites (tertiary alicyclic amines) is 1. The highest BCUT2D eigenvalue weighted by molar-refractivity contribution is 6.01. The maximum absolute atomic E-state index is 13.1. The van der Waals surface area contributed by atoms with Gasteiger partial charge in [-0.25, -0.2) is 0 Å². The number of aliphatic hydroxyl groups is 1. The van der Waals surface area contributed by atoms with Crippen LogP contribution in [-0.2, 0) is 9.59 Å². The number of ether oxygens (including phenoxy) is 1. The lowest BCUT2D eigenvalue weighted by Gasteiger charge is -2.46. The zero-order valence-electron chi connectivity index (χ0n) is 15.2. The smallest absolute Gasteiger partial charge is 0.264 e. The van der Waals surface area contributed by atoms with E-state index < -0.39 is 11.5 Å². The third kappa shape index (κ3) is 2.84. The lowest BCUT2D eigenvalue weighted by atomic mass is 9.71. The van der Waals surface area contributed by atoms with E-state index >= 15 is 0 Å². The average molecular weight is 373 g/mol. The molecule has 4 rings (SSSR count). The zero-order chi connectivity index (χ0) is 19.2. The fraction of sp³-hybridized carbons (Fsp3) is 0.526. The number of hydrogen-bond acceptors (Lipinski definition) is 5. The van der Waals surface area contributed by atoms with Crippen molar-refractivity contribution in [3.05, 3.63) is 23.8 Å². The summed E-state index contributed by atoms with van der Waals surface area (Å²) in [5, 5.41) is 13.3. The molecule has 3 aliphatic rings. The van der Waals surface area contributed by atoms with Gasteiger partial charge in [-0.3, -0.25) is 14.4 Å². The standard InChI is InChI=1S/C19H23N3O5/c1-21-13-9-12(3-4-14(13)27-10-16(21)24)17(25)22-8-5-15(23)19(11-22)6-2-7-20-18(19)26/h3-4,9,15,23H,2,5-8,10-11H2,1H3,(H,20,26)/t15-,19+/m0/s1. The fourth-order valence-electron chi connectivity index (χ4n) is 4.20. The van der Waals surface area contributed by atoms with Crippen LogP contribution in [0.5, 0.6) is 5.75 Å². The molecule has 1 aromatic rings. The van der Waals surface area contributed by atoms with Crippen molar-refractivity contribution in [3.63, 3.8) is 0 Å². The van der Waals surface area contributed by atoms with Gasteiger partial charge in [0.15, 0.2) is 6.61 Å². The first-order valence-corrected chi connectivity index (χ1v) is 9.21. The molecule has 2 N–H and O–H groups in total. The Morgan fingerprint density at radius 3 is 2.96 bits per heavy atom. The molecule has 0 aliphatic carbocycles. The summed E-state index contributed by atoms with van der Waals surface area (Å²) in [7, 11) is 1.65. The molecule has 0 saturated carbocycles. The Morgan fingerprint density at radius 2 is 2.19 bits per heavy atom. The van der Waals surface area contributed by atoms with Crippen LogP contribution in [0.15, 0.2) is 18.2 Å². The van der Waals surface area contributed by atoms with Gasteiger partial charge in [0.25, 0.3) is 11.8 Å². The molecule has 0 radical (unpaired) electrons. The number of fused-ring (bicyclic) bond motifs is 1. The van der Waals surface area contributed by atoms with Crippen LogP contribution >= 0.6 is 0 Å². The van der Waals surface area contributed by atoms with E-state index in [0.29, 0.717) is 42.9 Å². The van der Waals surface area contributed by atoms with Crippen molar-refractivity contribution in [2.45, 2.75) is 25.4 Å². The Bertz CT molecular complexity index is 811. The van der Waals surface area contributed by atoms with E-state index in [-0.39, 0.29) is 30.9 Å². The number of rotatable bonds is 1. The van der Waals surface area contributed by atoms with Crippen LogP contribution in [0.25, 0.3) is 0 Å². The summed E-state index contributed by atoms with van der Waals surface area (Å²) in [6.07, 6.45) is 0.973. The van der Waals surface area contributed by atoms with Crippen molar-refractivity contribution in [2.75, 3.05) is 38.2 Å². The molecular weight excluding hydrogens is 350 g/mol. The number of anilines is 1. The normalized spacial score (nSPS) is 27.9. The largest absolute Gasteiger partial charge is 0.482 e. The minimum Gasteiger partial charge on any atom is -0.482 e. The van der Waals surface area contributed by atoms with Crippen LogP contribution < -0.4 is 15.0 Å². The number of piperidine rings is 2. The topological polar surface area (TPSA) is 99.2 Å². The highest BCUT2D eigenvalue weighted by Gasteiger charge is 2.50. The molecule has 1 spiro atoms. The lowest BCUT2D eigenvalue weighted by Crippen LogP contribution is -2.62. The molecule has 8 nitrogen and oxygen atoms in total. The second-order valence-electron chi connectivity index (χ2n) is 7.47. The summed E-state index contributed by atoms with van der Waals surface area (Å²) in [6, 6.07) is 5.00. The number of hydrogen-bond donors (Lipinski definition) is 2. The average Bonchev–Trinajstić information content (AvgIpc) is 2.68.